The van der Waals surface area contributed by atoms with E-state index >= 15 is 0 Å². The fourth-order valence-electron chi connectivity index (χ4n) is 5.85. The van der Waals surface area contributed by atoms with Crippen molar-refractivity contribution >= 4 is 17.9 Å². The second-order valence-corrected chi connectivity index (χ2v) is 11.5. The summed E-state index contributed by atoms with van der Waals surface area (Å²) in [5, 5.41) is 0.628. The van der Waals surface area contributed by atoms with Gasteiger partial charge in [0.1, 0.15) is 11.9 Å². The van der Waals surface area contributed by atoms with Crippen LogP contribution >= 0.6 is 11.6 Å². The molecule has 2 bridgehead atoms. The highest BCUT2D eigenvalue weighted by atomic mass is 35.5. The molecule has 2 fully saturated rings. The van der Waals surface area contributed by atoms with Crippen LogP contribution in [0.5, 0.6) is 5.75 Å². The Morgan fingerprint density at radius 2 is 1.53 bits per heavy atom. The molecular formula is C36H35ClO6. The second kappa shape index (κ2) is 13.0. The van der Waals surface area contributed by atoms with Crippen LogP contribution in [0.15, 0.2) is 103 Å². The second-order valence-electron chi connectivity index (χ2n) is 11.1. The molecule has 4 aromatic carbocycles. The first-order chi connectivity index (χ1) is 21.0. The maximum Gasteiger partial charge on any atom is 0.225 e. The molecule has 2 heterocycles. The fraction of sp³-hybridized carbons (Fsp3) is 0.306. The first kappa shape index (κ1) is 29.5. The average Bonchev–Trinajstić information content (AvgIpc) is 3.37. The molecule has 0 aliphatic carbocycles. The van der Waals surface area contributed by atoms with E-state index in [4.69, 9.17) is 35.3 Å². The predicted molar refractivity (Wildman–Crippen MR) is 164 cm³/mol. The van der Waals surface area contributed by atoms with E-state index < -0.39 is 23.6 Å². The van der Waals surface area contributed by atoms with Crippen LogP contribution in [-0.4, -0.2) is 37.3 Å². The smallest absolute Gasteiger partial charge is 0.225 e. The van der Waals surface area contributed by atoms with Gasteiger partial charge in [0.25, 0.3) is 0 Å². The minimum absolute atomic E-state index is 0.101. The average molecular weight is 599 g/mol. The molecule has 222 valence electrons. The van der Waals surface area contributed by atoms with Gasteiger partial charge in [0.2, 0.25) is 5.79 Å². The molecule has 4 atom stereocenters. The van der Waals surface area contributed by atoms with Crippen molar-refractivity contribution in [2.24, 2.45) is 0 Å². The Hall–Kier alpha value is -3.52. The summed E-state index contributed by atoms with van der Waals surface area (Å²) < 4.78 is 31.9. The summed E-state index contributed by atoms with van der Waals surface area (Å²) >= 11 is 6.73. The minimum Gasteiger partial charge on any atom is -0.494 e. The molecular weight excluding hydrogens is 564 g/mol. The third-order valence-corrected chi connectivity index (χ3v) is 8.38. The van der Waals surface area contributed by atoms with E-state index in [0.717, 1.165) is 39.9 Å². The Morgan fingerprint density at radius 3 is 2.19 bits per heavy atom. The van der Waals surface area contributed by atoms with Crippen LogP contribution in [0.2, 0.25) is 5.02 Å². The molecule has 6 rings (SSSR count). The van der Waals surface area contributed by atoms with E-state index in [2.05, 4.69) is 0 Å². The van der Waals surface area contributed by atoms with Gasteiger partial charge in [-0.1, -0.05) is 90.5 Å². The van der Waals surface area contributed by atoms with E-state index in [0.29, 0.717) is 37.7 Å². The molecule has 2 aliphatic rings. The van der Waals surface area contributed by atoms with Gasteiger partial charge < -0.3 is 28.5 Å². The summed E-state index contributed by atoms with van der Waals surface area (Å²) in [7, 11) is 0. The summed E-state index contributed by atoms with van der Waals surface area (Å²) in [6.45, 7) is 3.37. The Kier molecular flexibility index (Phi) is 8.93. The number of aldehydes is 1. The lowest BCUT2D eigenvalue weighted by molar-refractivity contribution is -0.312. The molecule has 43 heavy (non-hydrogen) atoms. The van der Waals surface area contributed by atoms with Gasteiger partial charge in [-0.3, -0.25) is 0 Å². The lowest BCUT2D eigenvalue weighted by atomic mass is 9.85. The number of hydrogen-bond donors (Lipinski definition) is 0. The minimum atomic E-state index is -1.37. The molecule has 2 saturated heterocycles. The molecule has 2 aliphatic heterocycles. The van der Waals surface area contributed by atoms with E-state index in [1.165, 1.54) is 0 Å². The molecule has 0 amide bonds. The third-order valence-electron chi connectivity index (χ3n) is 8.02. The molecule has 6 nitrogen and oxygen atoms in total. The van der Waals surface area contributed by atoms with Crippen LogP contribution in [0.1, 0.15) is 41.2 Å². The largest absolute Gasteiger partial charge is 0.494 e. The highest BCUT2D eigenvalue weighted by molar-refractivity contribution is 6.31. The van der Waals surface area contributed by atoms with Gasteiger partial charge in [0, 0.05) is 17.0 Å². The summed E-state index contributed by atoms with van der Waals surface area (Å²) in [6, 6.07) is 33.6. The lowest BCUT2D eigenvalue weighted by Crippen LogP contribution is -2.58. The fourth-order valence-corrected chi connectivity index (χ4v) is 6.04. The number of carbonyl (C=O) groups excluding carboxylic acids is 1. The van der Waals surface area contributed by atoms with Crippen molar-refractivity contribution < 1.29 is 28.5 Å². The van der Waals surface area contributed by atoms with Crippen molar-refractivity contribution in [2.45, 2.75) is 56.6 Å². The van der Waals surface area contributed by atoms with Crippen LogP contribution in [0.25, 0.3) is 0 Å². The van der Waals surface area contributed by atoms with Crippen molar-refractivity contribution in [1.29, 1.82) is 0 Å². The van der Waals surface area contributed by atoms with Crippen molar-refractivity contribution in [3.8, 4) is 5.75 Å². The standard InChI is InChI=1S/C36H35ClO6/c1-2-39-31-16-13-26(14-17-31)19-29-20-30(15-18-32(29)37)36-34(41-23-28-11-7-4-8-12-28)33(21-35(24-38,43-36)25-42-36)40-22-27-9-5-3-6-10-27/h3-18,20,24,33-34H,2,19,21-23,25H2,1H3/t33-,34+,35-,36-/m0/s1. The van der Waals surface area contributed by atoms with Crippen LogP contribution in [-0.2, 0) is 49.2 Å². The third kappa shape index (κ3) is 6.40. The highest BCUT2D eigenvalue weighted by Gasteiger charge is 2.64. The predicted octanol–water partition coefficient (Wildman–Crippen LogP) is 7.04. The molecule has 4 aromatic rings. The summed E-state index contributed by atoms with van der Waals surface area (Å²) in [5.41, 5.74) is 3.61. The number of benzene rings is 4. The molecule has 0 aromatic heterocycles. The van der Waals surface area contributed by atoms with Crippen molar-refractivity contribution in [3.63, 3.8) is 0 Å². The van der Waals surface area contributed by atoms with Crippen molar-refractivity contribution in [3.05, 3.63) is 136 Å². The molecule has 0 unspecified atom stereocenters. The quantitative estimate of drug-likeness (QED) is 0.163. The number of hydrogen-bond acceptors (Lipinski definition) is 6. The summed E-state index contributed by atoms with van der Waals surface area (Å²) in [6.07, 6.45) is 0.619. The Bertz CT molecular complexity index is 1510. The Morgan fingerprint density at radius 1 is 0.860 bits per heavy atom. The van der Waals surface area contributed by atoms with Gasteiger partial charge in [-0.2, -0.15) is 0 Å². The molecule has 0 radical (unpaired) electrons. The molecule has 7 heteroatoms. The van der Waals surface area contributed by atoms with Gasteiger partial charge in [0.05, 0.1) is 32.5 Å². The zero-order valence-corrected chi connectivity index (χ0v) is 24.9. The number of rotatable bonds is 12. The van der Waals surface area contributed by atoms with Crippen LogP contribution < -0.4 is 4.74 Å². The number of halogens is 1. The summed E-state index contributed by atoms with van der Waals surface area (Å²) in [5.74, 6) is -0.543. The maximum atomic E-state index is 12.5. The van der Waals surface area contributed by atoms with Gasteiger partial charge in [0.15, 0.2) is 11.9 Å². The monoisotopic (exact) mass is 598 g/mol. The number of fused-ring (bicyclic) bond motifs is 2. The van der Waals surface area contributed by atoms with Gasteiger partial charge >= 0.3 is 0 Å². The van der Waals surface area contributed by atoms with E-state index in [9.17, 15) is 4.79 Å². The van der Waals surface area contributed by atoms with Crippen molar-refractivity contribution in [2.75, 3.05) is 13.2 Å². The molecule has 0 saturated carbocycles. The highest BCUT2D eigenvalue weighted by Crippen LogP contribution is 2.51. The Labute approximate surface area is 257 Å². The summed E-state index contributed by atoms with van der Waals surface area (Å²) in [4.78, 5) is 12.5. The van der Waals surface area contributed by atoms with Gasteiger partial charge in [-0.25, -0.2) is 0 Å². The van der Waals surface area contributed by atoms with Crippen LogP contribution in [0, 0.1) is 0 Å². The number of carbonyl (C=O) groups is 1. The first-order valence-electron chi connectivity index (χ1n) is 14.6. The topological polar surface area (TPSA) is 63.2 Å². The zero-order valence-electron chi connectivity index (χ0n) is 24.1. The van der Waals surface area contributed by atoms with E-state index in [1.807, 2.05) is 110 Å². The first-order valence-corrected chi connectivity index (χ1v) is 15.0. The van der Waals surface area contributed by atoms with Crippen LogP contribution in [0.4, 0.5) is 0 Å². The van der Waals surface area contributed by atoms with Gasteiger partial charge in [-0.05, 0) is 59.9 Å². The normalized spacial score (nSPS) is 24.5. The van der Waals surface area contributed by atoms with Crippen molar-refractivity contribution in [1.82, 2.24) is 0 Å². The molecule has 0 spiro atoms. The van der Waals surface area contributed by atoms with Crippen LogP contribution in [0.3, 0.4) is 0 Å². The van der Waals surface area contributed by atoms with E-state index in [-0.39, 0.29) is 6.61 Å². The molecule has 0 N–H and O–H groups in total. The lowest BCUT2D eigenvalue weighted by Gasteiger charge is -2.45. The maximum absolute atomic E-state index is 12.5. The van der Waals surface area contributed by atoms with E-state index in [1.54, 1.807) is 0 Å². The van der Waals surface area contributed by atoms with Gasteiger partial charge in [-0.15, -0.1) is 0 Å². The number of ether oxygens (including phenoxy) is 5. The Balaban J connectivity index is 1.35. The SMILES string of the molecule is CCOc1ccc(Cc2cc([C@@]34OC[C@@](C=O)(C[C@H](OCc5ccccc5)[C@H]3OCc3ccccc3)O4)ccc2Cl)cc1. The zero-order chi connectivity index (χ0) is 29.7.